The van der Waals surface area contributed by atoms with Crippen LogP contribution in [0.5, 0.6) is 5.75 Å². The summed E-state index contributed by atoms with van der Waals surface area (Å²) in [5.41, 5.74) is 0.497. The molecular formula is C18H30N4O2. The molecule has 1 aromatic carbocycles. The van der Waals surface area contributed by atoms with Crippen LogP contribution >= 0.6 is 0 Å². The van der Waals surface area contributed by atoms with Gasteiger partial charge in [-0.15, -0.1) is 0 Å². The van der Waals surface area contributed by atoms with Gasteiger partial charge in [-0.1, -0.05) is 18.2 Å². The topological polar surface area (TPSA) is 74.8 Å². The summed E-state index contributed by atoms with van der Waals surface area (Å²) >= 11 is 0. The lowest BCUT2D eigenvalue weighted by Gasteiger charge is -2.24. The van der Waals surface area contributed by atoms with Gasteiger partial charge in [0, 0.05) is 25.2 Å². The molecule has 0 saturated carbocycles. The molecule has 6 nitrogen and oxygen atoms in total. The highest BCUT2D eigenvalue weighted by Gasteiger charge is 2.27. The molecule has 1 rings (SSSR count). The summed E-state index contributed by atoms with van der Waals surface area (Å²) in [6.45, 7) is 10.1. The Morgan fingerprint density at radius 3 is 2.42 bits per heavy atom. The van der Waals surface area contributed by atoms with Crippen molar-refractivity contribution in [1.82, 2.24) is 16.0 Å². The molecule has 0 aliphatic carbocycles. The molecule has 134 valence electrons. The Hall–Kier alpha value is -2.24. The summed E-state index contributed by atoms with van der Waals surface area (Å²) in [5, 5.41) is 9.30. The average molecular weight is 334 g/mol. The molecule has 0 spiro atoms. The van der Waals surface area contributed by atoms with Gasteiger partial charge in [-0.25, -0.2) is 4.99 Å². The van der Waals surface area contributed by atoms with Crippen molar-refractivity contribution in [2.45, 2.75) is 34.2 Å². The van der Waals surface area contributed by atoms with Gasteiger partial charge in [0.25, 0.3) is 0 Å². The average Bonchev–Trinajstić information content (AvgIpc) is 2.57. The fourth-order valence-corrected chi connectivity index (χ4v) is 2.12. The molecule has 0 aliphatic heterocycles. The Labute approximate surface area is 145 Å². The number of hydrogen-bond donors (Lipinski definition) is 3. The first-order chi connectivity index (χ1) is 11.4. The molecule has 0 fully saturated rings. The number of rotatable bonds is 8. The van der Waals surface area contributed by atoms with Crippen LogP contribution in [0, 0.1) is 5.41 Å². The van der Waals surface area contributed by atoms with Gasteiger partial charge in [0.1, 0.15) is 5.75 Å². The number of amides is 1. The first kappa shape index (κ1) is 19.8. The molecule has 1 amide bonds. The van der Waals surface area contributed by atoms with E-state index in [2.05, 4.69) is 20.9 Å². The summed E-state index contributed by atoms with van der Waals surface area (Å²) in [7, 11) is 1.65. The van der Waals surface area contributed by atoms with E-state index in [9.17, 15) is 4.79 Å². The maximum absolute atomic E-state index is 12.1. The molecule has 0 atom stereocenters. The number of benzene rings is 1. The number of nitrogens with zero attached hydrogens (tertiary/aromatic N) is 1. The van der Waals surface area contributed by atoms with E-state index < -0.39 is 5.41 Å². The number of aliphatic imine (C=N–C) groups is 1. The van der Waals surface area contributed by atoms with E-state index in [1.54, 1.807) is 7.11 Å². The largest absolute Gasteiger partial charge is 0.496 e. The number of para-hydroxylation sites is 1. The number of ether oxygens (including phenoxy) is 1. The van der Waals surface area contributed by atoms with Crippen LogP contribution < -0.4 is 20.7 Å². The van der Waals surface area contributed by atoms with Gasteiger partial charge in [-0.05, 0) is 33.8 Å². The standard InChI is InChI=1S/C18H30N4O2/c1-6-19-16(23)18(3,4)13-22-17(20-7-2)21-12-14-10-8-9-11-15(14)24-5/h8-11H,6-7,12-13H2,1-5H3,(H,19,23)(H2,20,21,22). The van der Waals surface area contributed by atoms with Crippen molar-refractivity contribution in [2.24, 2.45) is 10.4 Å². The maximum atomic E-state index is 12.1. The lowest BCUT2D eigenvalue weighted by Crippen LogP contribution is -2.47. The SMILES string of the molecule is CCNC(=O)C(C)(C)CNC(=NCc1ccccc1OC)NCC. The summed E-state index contributed by atoms with van der Waals surface area (Å²) in [4.78, 5) is 16.7. The summed E-state index contributed by atoms with van der Waals surface area (Å²) < 4.78 is 5.35. The zero-order chi connectivity index (χ0) is 18.0. The molecule has 0 saturated heterocycles. The van der Waals surface area contributed by atoms with Crippen molar-refractivity contribution < 1.29 is 9.53 Å². The van der Waals surface area contributed by atoms with Crippen molar-refractivity contribution in [1.29, 1.82) is 0 Å². The van der Waals surface area contributed by atoms with E-state index in [1.807, 2.05) is 52.0 Å². The van der Waals surface area contributed by atoms with Crippen LogP contribution in [0.3, 0.4) is 0 Å². The van der Waals surface area contributed by atoms with Gasteiger partial charge in [-0.3, -0.25) is 4.79 Å². The Bertz CT molecular complexity index is 556. The molecule has 0 unspecified atom stereocenters. The third-order valence-electron chi connectivity index (χ3n) is 3.59. The minimum Gasteiger partial charge on any atom is -0.496 e. The van der Waals surface area contributed by atoms with Crippen LogP contribution in [0.4, 0.5) is 0 Å². The number of hydrogen-bond acceptors (Lipinski definition) is 3. The molecule has 6 heteroatoms. The van der Waals surface area contributed by atoms with Crippen LogP contribution in [-0.2, 0) is 11.3 Å². The van der Waals surface area contributed by atoms with E-state index in [1.165, 1.54) is 0 Å². The molecule has 0 aromatic heterocycles. The van der Waals surface area contributed by atoms with Gasteiger partial charge in [0.15, 0.2) is 5.96 Å². The van der Waals surface area contributed by atoms with Gasteiger partial charge in [-0.2, -0.15) is 0 Å². The predicted octanol–water partition coefficient (Wildman–Crippen LogP) is 1.91. The smallest absolute Gasteiger partial charge is 0.227 e. The molecular weight excluding hydrogens is 304 g/mol. The van der Waals surface area contributed by atoms with E-state index in [4.69, 9.17) is 4.74 Å². The van der Waals surface area contributed by atoms with E-state index >= 15 is 0 Å². The van der Waals surface area contributed by atoms with Crippen molar-refractivity contribution in [3.05, 3.63) is 29.8 Å². The van der Waals surface area contributed by atoms with Gasteiger partial charge in [0.05, 0.1) is 19.1 Å². The molecule has 24 heavy (non-hydrogen) atoms. The summed E-state index contributed by atoms with van der Waals surface area (Å²) in [5.74, 6) is 1.53. The number of carbonyl (C=O) groups excluding carboxylic acids is 1. The number of carbonyl (C=O) groups is 1. The Morgan fingerprint density at radius 1 is 1.12 bits per heavy atom. The highest BCUT2D eigenvalue weighted by molar-refractivity contribution is 5.84. The van der Waals surface area contributed by atoms with E-state index in [0.717, 1.165) is 17.9 Å². The second-order valence-corrected chi connectivity index (χ2v) is 6.10. The quantitative estimate of drug-likeness (QED) is 0.501. The van der Waals surface area contributed by atoms with Gasteiger partial charge in [0.2, 0.25) is 5.91 Å². The first-order valence-electron chi connectivity index (χ1n) is 8.37. The van der Waals surface area contributed by atoms with E-state index in [0.29, 0.717) is 25.6 Å². The van der Waals surface area contributed by atoms with Crippen LogP contribution in [0.2, 0.25) is 0 Å². The lowest BCUT2D eigenvalue weighted by molar-refractivity contribution is -0.128. The Kier molecular flexibility index (Phi) is 8.09. The normalized spacial score (nSPS) is 11.8. The van der Waals surface area contributed by atoms with E-state index in [-0.39, 0.29) is 5.91 Å². The van der Waals surface area contributed by atoms with Crippen LogP contribution in [0.15, 0.2) is 29.3 Å². The van der Waals surface area contributed by atoms with Gasteiger partial charge < -0.3 is 20.7 Å². The zero-order valence-electron chi connectivity index (χ0n) is 15.4. The van der Waals surface area contributed by atoms with Gasteiger partial charge >= 0.3 is 0 Å². The maximum Gasteiger partial charge on any atom is 0.227 e. The molecule has 0 aliphatic rings. The second-order valence-electron chi connectivity index (χ2n) is 6.10. The number of methoxy groups -OCH3 is 1. The van der Waals surface area contributed by atoms with Crippen molar-refractivity contribution in [2.75, 3.05) is 26.7 Å². The minimum atomic E-state index is -0.517. The van der Waals surface area contributed by atoms with Crippen LogP contribution in [0.1, 0.15) is 33.3 Å². The third-order valence-corrected chi connectivity index (χ3v) is 3.59. The monoisotopic (exact) mass is 334 g/mol. The fraction of sp³-hybridized carbons (Fsp3) is 0.556. The lowest BCUT2D eigenvalue weighted by atomic mass is 9.92. The minimum absolute atomic E-state index is 0.0260. The van der Waals surface area contributed by atoms with Crippen molar-refractivity contribution in [3.63, 3.8) is 0 Å². The van der Waals surface area contributed by atoms with Crippen LogP contribution in [-0.4, -0.2) is 38.6 Å². The van der Waals surface area contributed by atoms with Crippen LogP contribution in [0.25, 0.3) is 0 Å². The summed E-state index contributed by atoms with van der Waals surface area (Å²) in [6.07, 6.45) is 0. The Balaban J connectivity index is 2.74. The number of guanidine groups is 1. The molecule has 3 N–H and O–H groups in total. The first-order valence-corrected chi connectivity index (χ1v) is 8.37. The molecule has 0 heterocycles. The summed E-state index contributed by atoms with van der Waals surface area (Å²) in [6, 6.07) is 7.81. The van der Waals surface area contributed by atoms with Crippen molar-refractivity contribution >= 4 is 11.9 Å². The predicted molar refractivity (Wildman–Crippen MR) is 98.3 cm³/mol. The zero-order valence-corrected chi connectivity index (χ0v) is 15.4. The highest BCUT2D eigenvalue weighted by Crippen LogP contribution is 2.18. The Morgan fingerprint density at radius 2 is 1.79 bits per heavy atom. The second kappa shape index (κ2) is 9.80. The molecule has 0 bridgehead atoms. The molecule has 0 radical (unpaired) electrons. The number of nitrogens with one attached hydrogen (secondary N) is 3. The fourth-order valence-electron chi connectivity index (χ4n) is 2.12. The highest BCUT2D eigenvalue weighted by atomic mass is 16.5. The third kappa shape index (κ3) is 6.10. The molecule has 1 aromatic rings. The van der Waals surface area contributed by atoms with Crippen molar-refractivity contribution in [3.8, 4) is 5.75 Å².